The molecule has 1 fully saturated rings. The molecule has 106 valence electrons. The SMILES string of the molecule is CCNCC(COCC1CC1)Cc1ccc(Br)cc1. The highest BCUT2D eigenvalue weighted by atomic mass is 79.9. The molecule has 1 aliphatic rings. The lowest BCUT2D eigenvalue weighted by molar-refractivity contribution is 0.0909. The topological polar surface area (TPSA) is 21.3 Å². The molecule has 0 spiro atoms. The summed E-state index contributed by atoms with van der Waals surface area (Å²) in [5, 5.41) is 3.44. The average Bonchev–Trinajstić information content (AvgIpc) is 3.22. The molecule has 1 N–H and O–H groups in total. The van der Waals surface area contributed by atoms with Crippen molar-refractivity contribution in [3.8, 4) is 0 Å². The van der Waals surface area contributed by atoms with Gasteiger partial charge in [0.1, 0.15) is 0 Å². The van der Waals surface area contributed by atoms with Crippen molar-refractivity contribution in [1.29, 1.82) is 0 Å². The zero-order valence-electron chi connectivity index (χ0n) is 11.7. The zero-order chi connectivity index (χ0) is 13.5. The van der Waals surface area contributed by atoms with Crippen LogP contribution in [0, 0.1) is 11.8 Å². The Hall–Kier alpha value is -0.380. The van der Waals surface area contributed by atoms with Gasteiger partial charge in [-0.25, -0.2) is 0 Å². The number of nitrogens with one attached hydrogen (secondary N) is 1. The Labute approximate surface area is 125 Å². The third kappa shape index (κ3) is 6.07. The van der Waals surface area contributed by atoms with E-state index in [-0.39, 0.29) is 0 Å². The Bertz CT molecular complexity index is 362. The van der Waals surface area contributed by atoms with Crippen LogP contribution in [0.5, 0.6) is 0 Å². The predicted octanol–water partition coefficient (Wildman–Crippen LogP) is 3.64. The molecule has 3 heteroatoms. The fraction of sp³-hybridized carbons (Fsp3) is 0.625. The summed E-state index contributed by atoms with van der Waals surface area (Å²) in [6.45, 7) is 6.06. The van der Waals surface area contributed by atoms with Gasteiger partial charge >= 0.3 is 0 Å². The van der Waals surface area contributed by atoms with E-state index in [2.05, 4.69) is 52.4 Å². The molecule has 1 aliphatic carbocycles. The van der Waals surface area contributed by atoms with Gasteiger partial charge in [-0.1, -0.05) is 35.0 Å². The second-order valence-electron chi connectivity index (χ2n) is 5.49. The van der Waals surface area contributed by atoms with Gasteiger partial charge in [-0.3, -0.25) is 0 Å². The smallest absolute Gasteiger partial charge is 0.0509 e. The lowest BCUT2D eigenvalue weighted by Crippen LogP contribution is -2.27. The molecule has 0 aliphatic heterocycles. The molecule has 0 aromatic heterocycles. The standard InChI is InChI=1S/C16H24BrNO/c1-2-18-10-15(12-19-11-14-3-4-14)9-13-5-7-16(17)8-6-13/h5-8,14-15,18H,2-4,9-12H2,1H3. The maximum Gasteiger partial charge on any atom is 0.0509 e. The maximum atomic E-state index is 5.86. The second-order valence-corrected chi connectivity index (χ2v) is 6.40. The summed E-state index contributed by atoms with van der Waals surface area (Å²) in [5.41, 5.74) is 1.39. The van der Waals surface area contributed by atoms with Gasteiger partial charge in [0.2, 0.25) is 0 Å². The van der Waals surface area contributed by atoms with Gasteiger partial charge < -0.3 is 10.1 Å². The van der Waals surface area contributed by atoms with Gasteiger partial charge in [-0.05, 0) is 55.3 Å². The average molecular weight is 326 g/mol. The van der Waals surface area contributed by atoms with E-state index in [0.29, 0.717) is 5.92 Å². The summed E-state index contributed by atoms with van der Waals surface area (Å²) in [7, 11) is 0. The van der Waals surface area contributed by atoms with E-state index >= 15 is 0 Å². The van der Waals surface area contributed by atoms with Crippen molar-refractivity contribution in [2.75, 3.05) is 26.3 Å². The highest BCUT2D eigenvalue weighted by molar-refractivity contribution is 9.10. The third-order valence-electron chi connectivity index (χ3n) is 3.52. The highest BCUT2D eigenvalue weighted by Gasteiger charge is 2.21. The van der Waals surface area contributed by atoms with E-state index < -0.39 is 0 Å². The van der Waals surface area contributed by atoms with Crippen LogP contribution < -0.4 is 5.32 Å². The van der Waals surface area contributed by atoms with Gasteiger partial charge in [0.05, 0.1) is 6.61 Å². The minimum absolute atomic E-state index is 0.569. The van der Waals surface area contributed by atoms with Gasteiger partial charge in [-0.15, -0.1) is 0 Å². The number of hydrogen-bond acceptors (Lipinski definition) is 2. The first-order valence-electron chi connectivity index (χ1n) is 7.30. The van der Waals surface area contributed by atoms with Gasteiger partial charge in [0.15, 0.2) is 0 Å². The maximum absolute atomic E-state index is 5.86. The van der Waals surface area contributed by atoms with E-state index in [1.165, 1.54) is 18.4 Å². The molecule has 0 heterocycles. The van der Waals surface area contributed by atoms with E-state index in [0.717, 1.165) is 43.1 Å². The number of ether oxygens (including phenoxy) is 1. The Balaban J connectivity index is 1.78. The summed E-state index contributed by atoms with van der Waals surface area (Å²) >= 11 is 3.48. The van der Waals surface area contributed by atoms with Crippen molar-refractivity contribution in [1.82, 2.24) is 5.32 Å². The van der Waals surface area contributed by atoms with Crippen molar-refractivity contribution < 1.29 is 4.74 Å². The normalized spacial score (nSPS) is 16.5. The Morgan fingerprint density at radius 3 is 2.68 bits per heavy atom. The molecule has 1 atom stereocenters. The molecule has 1 aromatic rings. The molecule has 0 radical (unpaired) electrons. The highest BCUT2D eigenvalue weighted by Crippen LogP contribution is 2.29. The van der Waals surface area contributed by atoms with Crippen molar-refractivity contribution in [2.24, 2.45) is 11.8 Å². The van der Waals surface area contributed by atoms with E-state index in [9.17, 15) is 0 Å². The minimum Gasteiger partial charge on any atom is -0.381 e. The molecular weight excluding hydrogens is 302 g/mol. The number of benzene rings is 1. The lowest BCUT2D eigenvalue weighted by Gasteiger charge is -2.17. The monoisotopic (exact) mass is 325 g/mol. The minimum atomic E-state index is 0.569. The molecule has 0 saturated heterocycles. The predicted molar refractivity (Wildman–Crippen MR) is 83.4 cm³/mol. The molecule has 0 bridgehead atoms. The number of hydrogen-bond donors (Lipinski definition) is 1. The summed E-state index contributed by atoms with van der Waals surface area (Å²) in [4.78, 5) is 0. The van der Waals surface area contributed by atoms with Crippen LogP contribution in [0.25, 0.3) is 0 Å². The van der Waals surface area contributed by atoms with Gasteiger partial charge in [0, 0.05) is 17.6 Å². The van der Waals surface area contributed by atoms with Crippen LogP contribution in [-0.4, -0.2) is 26.3 Å². The fourth-order valence-electron chi connectivity index (χ4n) is 2.18. The van der Waals surface area contributed by atoms with E-state index in [1.807, 2.05) is 0 Å². The number of rotatable bonds is 9. The molecule has 1 aromatic carbocycles. The zero-order valence-corrected chi connectivity index (χ0v) is 13.3. The van der Waals surface area contributed by atoms with E-state index in [4.69, 9.17) is 4.74 Å². The van der Waals surface area contributed by atoms with Crippen molar-refractivity contribution in [2.45, 2.75) is 26.2 Å². The fourth-order valence-corrected chi connectivity index (χ4v) is 2.44. The van der Waals surface area contributed by atoms with Crippen LogP contribution in [0.2, 0.25) is 0 Å². The number of halogens is 1. The molecule has 1 unspecified atom stereocenters. The second kappa shape index (κ2) is 8.03. The molecule has 1 saturated carbocycles. The summed E-state index contributed by atoms with van der Waals surface area (Å²) < 4.78 is 7.01. The van der Waals surface area contributed by atoms with Crippen LogP contribution in [0.3, 0.4) is 0 Å². The first-order valence-corrected chi connectivity index (χ1v) is 8.10. The Kier molecular flexibility index (Phi) is 6.35. The Morgan fingerprint density at radius 1 is 1.32 bits per heavy atom. The quantitative estimate of drug-likeness (QED) is 0.748. The third-order valence-corrected chi connectivity index (χ3v) is 4.05. The summed E-state index contributed by atoms with van der Waals surface area (Å²) in [5.74, 6) is 1.42. The molecule has 19 heavy (non-hydrogen) atoms. The molecule has 0 amide bonds. The van der Waals surface area contributed by atoms with E-state index in [1.54, 1.807) is 0 Å². The van der Waals surface area contributed by atoms with Crippen LogP contribution in [-0.2, 0) is 11.2 Å². The van der Waals surface area contributed by atoms with Gasteiger partial charge in [-0.2, -0.15) is 0 Å². The van der Waals surface area contributed by atoms with Crippen molar-refractivity contribution in [3.63, 3.8) is 0 Å². The van der Waals surface area contributed by atoms with Crippen LogP contribution in [0.4, 0.5) is 0 Å². The summed E-state index contributed by atoms with van der Waals surface area (Å²) in [6, 6.07) is 8.63. The molecule has 2 nitrogen and oxygen atoms in total. The van der Waals surface area contributed by atoms with Crippen molar-refractivity contribution in [3.05, 3.63) is 34.3 Å². The van der Waals surface area contributed by atoms with Crippen LogP contribution in [0.1, 0.15) is 25.3 Å². The Morgan fingerprint density at radius 2 is 2.05 bits per heavy atom. The molecule has 2 rings (SSSR count). The van der Waals surface area contributed by atoms with Crippen molar-refractivity contribution >= 4 is 15.9 Å². The first kappa shape index (κ1) is 15.0. The van der Waals surface area contributed by atoms with Crippen LogP contribution in [0.15, 0.2) is 28.7 Å². The summed E-state index contributed by atoms with van der Waals surface area (Å²) in [6.07, 6.45) is 3.82. The van der Waals surface area contributed by atoms with Crippen LogP contribution >= 0.6 is 15.9 Å². The first-order chi connectivity index (χ1) is 9.28. The largest absolute Gasteiger partial charge is 0.381 e. The lowest BCUT2D eigenvalue weighted by atomic mass is 10.00. The molecular formula is C16H24BrNO. The van der Waals surface area contributed by atoms with Gasteiger partial charge in [0.25, 0.3) is 0 Å².